The van der Waals surface area contributed by atoms with E-state index in [1.807, 2.05) is 29.2 Å². The minimum Gasteiger partial charge on any atom is -0.356 e. The van der Waals surface area contributed by atoms with Gasteiger partial charge in [-0.15, -0.1) is 0 Å². The van der Waals surface area contributed by atoms with E-state index in [-0.39, 0.29) is 23.7 Å². The molecule has 2 aromatic carbocycles. The molecule has 1 amide bonds. The van der Waals surface area contributed by atoms with E-state index in [2.05, 4.69) is 10.0 Å². The maximum atomic E-state index is 12.5. The van der Waals surface area contributed by atoms with Gasteiger partial charge < -0.3 is 10.2 Å². The Hall–Kier alpha value is -2.09. The van der Waals surface area contributed by atoms with Gasteiger partial charge in [0, 0.05) is 17.6 Å². The Bertz CT molecular complexity index is 964. The second-order valence-electron chi connectivity index (χ2n) is 6.61. The molecule has 0 radical (unpaired) electrons. The van der Waals surface area contributed by atoms with E-state index >= 15 is 0 Å². The van der Waals surface area contributed by atoms with E-state index in [0.29, 0.717) is 23.6 Å². The first-order valence-electron chi connectivity index (χ1n) is 8.32. The summed E-state index contributed by atoms with van der Waals surface area (Å²) in [4.78, 5) is 14.3. The molecule has 2 atom stereocenters. The molecule has 0 aromatic heterocycles. The van der Waals surface area contributed by atoms with Crippen molar-refractivity contribution in [3.63, 3.8) is 0 Å². The molecular weight excluding hydrogens is 374 g/mol. The highest BCUT2D eigenvalue weighted by molar-refractivity contribution is 7.88. The van der Waals surface area contributed by atoms with Crippen molar-refractivity contribution < 1.29 is 13.2 Å². The Balaban J connectivity index is 1.50. The summed E-state index contributed by atoms with van der Waals surface area (Å²) in [6, 6.07) is 13.7. The van der Waals surface area contributed by atoms with Crippen LogP contribution in [0.3, 0.4) is 0 Å². The van der Waals surface area contributed by atoms with Crippen molar-refractivity contribution in [1.82, 2.24) is 4.72 Å². The summed E-state index contributed by atoms with van der Waals surface area (Å²) in [5.41, 5.74) is 2.31. The van der Waals surface area contributed by atoms with E-state index < -0.39 is 10.0 Å². The molecule has 2 aromatic rings. The molecule has 8 heteroatoms. The Labute approximate surface area is 157 Å². The zero-order valence-electron chi connectivity index (χ0n) is 13.9. The van der Waals surface area contributed by atoms with Crippen LogP contribution in [0, 0.1) is 0 Å². The minimum absolute atomic E-state index is 0.0970. The molecule has 2 aliphatic heterocycles. The lowest BCUT2D eigenvalue weighted by molar-refractivity contribution is -0.117. The van der Waals surface area contributed by atoms with Crippen molar-refractivity contribution in [2.24, 2.45) is 0 Å². The molecule has 0 bridgehead atoms. The fourth-order valence-electron chi connectivity index (χ4n) is 3.62. The van der Waals surface area contributed by atoms with Crippen LogP contribution in [0.1, 0.15) is 12.0 Å². The van der Waals surface area contributed by atoms with Gasteiger partial charge in [-0.25, -0.2) is 13.1 Å². The van der Waals surface area contributed by atoms with Gasteiger partial charge in [0.05, 0.1) is 17.1 Å². The average Bonchev–Trinajstić information content (AvgIpc) is 2.98. The number of rotatable bonds is 4. The van der Waals surface area contributed by atoms with E-state index in [4.69, 9.17) is 11.6 Å². The minimum atomic E-state index is -3.54. The highest BCUT2D eigenvalue weighted by atomic mass is 35.5. The van der Waals surface area contributed by atoms with Gasteiger partial charge in [0.15, 0.2) is 0 Å². The van der Waals surface area contributed by atoms with Crippen molar-refractivity contribution in [1.29, 1.82) is 0 Å². The van der Waals surface area contributed by atoms with Gasteiger partial charge in [-0.3, -0.25) is 4.79 Å². The molecular formula is C18H18ClN3O3S. The van der Waals surface area contributed by atoms with Gasteiger partial charge in [-0.1, -0.05) is 35.9 Å². The average molecular weight is 392 g/mol. The lowest BCUT2D eigenvalue weighted by atomic mass is 10.1. The van der Waals surface area contributed by atoms with Crippen LogP contribution in [0.2, 0.25) is 5.02 Å². The van der Waals surface area contributed by atoms with Gasteiger partial charge >= 0.3 is 0 Å². The number of nitrogens with one attached hydrogen (secondary N) is 2. The second-order valence-corrected chi connectivity index (χ2v) is 8.80. The van der Waals surface area contributed by atoms with Crippen LogP contribution < -0.4 is 14.9 Å². The fraction of sp³-hybridized carbons (Fsp3) is 0.278. The molecule has 0 aliphatic carbocycles. The Morgan fingerprint density at radius 3 is 2.81 bits per heavy atom. The predicted molar refractivity (Wildman–Crippen MR) is 102 cm³/mol. The Morgan fingerprint density at radius 1 is 1.19 bits per heavy atom. The van der Waals surface area contributed by atoms with Crippen LogP contribution in [0.25, 0.3) is 0 Å². The quantitative estimate of drug-likeness (QED) is 0.838. The number of nitrogens with zero attached hydrogens (tertiary/aromatic N) is 1. The standard InChI is InChI=1S/C18H18ClN3O3S/c19-13-5-3-4-12(8-13)11-26(24,25)21-14-9-17-18(23)20-15-6-1-2-7-16(15)22(17)10-14/h1-8,14,17,21H,9-11H2,(H,20,23). The van der Waals surface area contributed by atoms with E-state index in [1.54, 1.807) is 24.3 Å². The van der Waals surface area contributed by atoms with Gasteiger partial charge in [0.25, 0.3) is 0 Å². The maximum absolute atomic E-state index is 12.5. The van der Waals surface area contributed by atoms with Crippen LogP contribution >= 0.6 is 11.6 Å². The molecule has 0 saturated carbocycles. The van der Waals surface area contributed by atoms with E-state index in [9.17, 15) is 13.2 Å². The summed E-state index contributed by atoms with van der Waals surface area (Å²) in [6.45, 7) is 0.462. The lowest BCUT2D eigenvalue weighted by Crippen LogP contribution is -2.44. The van der Waals surface area contributed by atoms with E-state index in [0.717, 1.165) is 11.4 Å². The Kier molecular flexibility index (Phi) is 4.38. The number of carbonyl (C=O) groups excluding carboxylic acids is 1. The van der Waals surface area contributed by atoms with Crippen LogP contribution in [0.5, 0.6) is 0 Å². The number of fused-ring (bicyclic) bond motifs is 3. The summed E-state index contributed by atoms with van der Waals surface area (Å²) in [6.07, 6.45) is 0.439. The van der Waals surface area contributed by atoms with Crippen LogP contribution in [0.4, 0.5) is 11.4 Å². The first-order chi connectivity index (χ1) is 12.4. The van der Waals surface area contributed by atoms with Gasteiger partial charge in [-0.05, 0) is 36.2 Å². The Morgan fingerprint density at radius 2 is 2.00 bits per heavy atom. The summed E-state index contributed by atoms with van der Waals surface area (Å²) < 4.78 is 27.8. The number of hydrogen-bond acceptors (Lipinski definition) is 4. The topological polar surface area (TPSA) is 78.5 Å². The smallest absolute Gasteiger partial charge is 0.247 e. The van der Waals surface area contributed by atoms with Gasteiger partial charge in [-0.2, -0.15) is 0 Å². The number of hydrogen-bond donors (Lipinski definition) is 2. The first kappa shape index (κ1) is 17.3. The number of benzene rings is 2. The third-order valence-corrected chi connectivity index (χ3v) is 6.31. The van der Waals surface area contributed by atoms with Crippen molar-refractivity contribution in [3.05, 3.63) is 59.1 Å². The maximum Gasteiger partial charge on any atom is 0.247 e. The van der Waals surface area contributed by atoms with Crippen molar-refractivity contribution in [3.8, 4) is 0 Å². The third kappa shape index (κ3) is 3.42. The first-order valence-corrected chi connectivity index (χ1v) is 10.4. The van der Waals surface area contributed by atoms with Gasteiger partial charge in [0.2, 0.25) is 15.9 Å². The molecule has 0 spiro atoms. The predicted octanol–water partition coefficient (Wildman–Crippen LogP) is 2.36. The number of amides is 1. The highest BCUT2D eigenvalue weighted by Crippen LogP contribution is 2.36. The molecule has 26 heavy (non-hydrogen) atoms. The van der Waals surface area contributed by atoms with Crippen LogP contribution in [-0.2, 0) is 20.6 Å². The normalized spacial score (nSPS) is 21.9. The number of sulfonamides is 1. The molecule has 2 N–H and O–H groups in total. The van der Waals surface area contributed by atoms with Crippen molar-refractivity contribution in [2.75, 3.05) is 16.8 Å². The number of halogens is 1. The summed E-state index contributed by atoms with van der Waals surface area (Å²) in [7, 11) is -3.54. The zero-order valence-corrected chi connectivity index (χ0v) is 15.4. The molecule has 2 heterocycles. The van der Waals surface area contributed by atoms with Crippen molar-refractivity contribution >= 4 is 38.9 Å². The number of para-hydroxylation sites is 2. The van der Waals surface area contributed by atoms with Gasteiger partial charge in [0.1, 0.15) is 6.04 Å². The third-order valence-electron chi connectivity index (χ3n) is 4.67. The lowest BCUT2D eigenvalue weighted by Gasteiger charge is -2.32. The molecule has 2 unspecified atom stereocenters. The van der Waals surface area contributed by atoms with Crippen molar-refractivity contribution in [2.45, 2.75) is 24.3 Å². The number of anilines is 2. The molecule has 4 rings (SSSR count). The highest BCUT2D eigenvalue weighted by Gasteiger charge is 2.41. The molecule has 1 fully saturated rings. The van der Waals surface area contributed by atoms with Crippen LogP contribution in [-0.4, -0.2) is 33.0 Å². The molecule has 6 nitrogen and oxygen atoms in total. The zero-order chi connectivity index (χ0) is 18.3. The molecule has 136 valence electrons. The number of carbonyl (C=O) groups is 1. The SMILES string of the molecule is O=C1Nc2ccccc2N2CC(NS(=O)(=O)Cc3cccc(Cl)c3)CC12. The summed E-state index contributed by atoms with van der Waals surface area (Å²) in [5, 5.41) is 3.39. The molecule has 1 saturated heterocycles. The fourth-order valence-corrected chi connectivity index (χ4v) is 5.22. The second kappa shape index (κ2) is 6.57. The molecule has 2 aliphatic rings. The summed E-state index contributed by atoms with van der Waals surface area (Å²) >= 11 is 5.92. The van der Waals surface area contributed by atoms with E-state index in [1.165, 1.54) is 0 Å². The van der Waals surface area contributed by atoms with Crippen LogP contribution in [0.15, 0.2) is 48.5 Å². The summed E-state index contributed by atoms with van der Waals surface area (Å²) in [5.74, 6) is -0.238. The monoisotopic (exact) mass is 391 g/mol. The largest absolute Gasteiger partial charge is 0.356 e.